The Morgan fingerprint density at radius 3 is 2.74 bits per heavy atom. The molecule has 8 nitrogen and oxygen atoms in total. The molecule has 0 radical (unpaired) electrons. The summed E-state index contributed by atoms with van der Waals surface area (Å²) in [4.78, 5) is 28.3. The van der Waals surface area contributed by atoms with E-state index in [1.807, 2.05) is 6.92 Å². The fourth-order valence-electron chi connectivity index (χ4n) is 2.08. The first-order valence-electron chi connectivity index (χ1n) is 8.12. The minimum atomic E-state index is -0.672. The molecular formula is C17H21BrFN5O3. The zero-order valence-corrected chi connectivity index (χ0v) is 17.1. The summed E-state index contributed by atoms with van der Waals surface area (Å²) < 4.78 is 21.4. The SMILES string of the molecule is Cc1cc(-n2cnn(C/C(=C/F)CNC(=O)OC(C)(C)C)c2=O)ncc1Br. The van der Waals surface area contributed by atoms with Gasteiger partial charge in [-0.25, -0.2) is 28.2 Å². The Bertz CT molecular complexity index is 914. The van der Waals surface area contributed by atoms with Crippen molar-refractivity contribution in [1.82, 2.24) is 24.6 Å². The van der Waals surface area contributed by atoms with Crippen LogP contribution in [-0.2, 0) is 11.3 Å². The van der Waals surface area contributed by atoms with E-state index in [0.717, 1.165) is 14.7 Å². The number of ether oxygens (including phenoxy) is 1. The molecule has 10 heteroatoms. The first-order valence-corrected chi connectivity index (χ1v) is 8.92. The molecule has 0 saturated heterocycles. The molecule has 0 spiro atoms. The molecule has 2 aromatic heterocycles. The highest BCUT2D eigenvalue weighted by Gasteiger charge is 2.17. The van der Waals surface area contributed by atoms with E-state index in [1.54, 1.807) is 33.0 Å². The van der Waals surface area contributed by atoms with Crippen molar-refractivity contribution in [3.05, 3.63) is 51.0 Å². The maximum absolute atomic E-state index is 13.2. The number of aromatic nitrogens is 4. The summed E-state index contributed by atoms with van der Waals surface area (Å²) >= 11 is 3.35. The molecule has 0 atom stereocenters. The summed E-state index contributed by atoms with van der Waals surface area (Å²) in [6.07, 6.45) is 2.57. The summed E-state index contributed by atoms with van der Waals surface area (Å²) in [7, 11) is 0. The molecular weight excluding hydrogens is 421 g/mol. The van der Waals surface area contributed by atoms with Crippen molar-refractivity contribution in [2.24, 2.45) is 0 Å². The van der Waals surface area contributed by atoms with Crippen LogP contribution in [0.4, 0.5) is 9.18 Å². The number of rotatable bonds is 5. The van der Waals surface area contributed by atoms with Crippen molar-refractivity contribution < 1.29 is 13.9 Å². The van der Waals surface area contributed by atoms with Gasteiger partial charge in [0.2, 0.25) is 0 Å². The van der Waals surface area contributed by atoms with Gasteiger partial charge in [-0.1, -0.05) is 0 Å². The fraction of sp³-hybridized carbons (Fsp3) is 0.412. The highest BCUT2D eigenvalue weighted by Crippen LogP contribution is 2.16. The number of carbonyl (C=O) groups excluding carboxylic acids is 1. The standard InChI is InChI=1S/C17H21BrFN5O3/c1-11-5-14(20-8-13(11)18)23-10-22-24(16(23)26)9-12(6-19)7-21-15(25)27-17(2,3)4/h5-6,8,10H,7,9H2,1-4H3,(H,21,25)/b12-6+. The van der Waals surface area contributed by atoms with E-state index in [9.17, 15) is 14.0 Å². The van der Waals surface area contributed by atoms with Gasteiger partial charge in [-0.2, -0.15) is 5.10 Å². The van der Waals surface area contributed by atoms with Crippen molar-refractivity contribution >= 4 is 22.0 Å². The Labute approximate surface area is 164 Å². The van der Waals surface area contributed by atoms with Crippen molar-refractivity contribution in [3.63, 3.8) is 0 Å². The summed E-state index contributed by atoms with van der Waals surface area (Å²) in [5, 5.41) is 6.43. The van der Waals surface area contributed by atoms with E-state index in [0.29, 0.717) is 12.1 Å². The third-order valence-corrected chi connectivity index (χ3v) is 4.21. The molecule has 0 saturated carbocycles. The molecule has 2 rings (SSSR count). The predicted octanol–water partition coefficient (Wildman–Crippen LogP) is 2.88. The largest absolute Gasteiger partial charge is 0.444 e. The molecule has 0 fully saturated rings. The number of nitrogens with zero attached hydrogens (tertiary/aromatic N) is 4. The van der Waals surface area contributed by atoms with Gasteiger partial charge in [0, 0.05) is 17.2 Å². The second-order valence-electron chi connectivity index (χ2n) is 6.86. The number of halogens is 2. The number of amides is 1. The lowest BCUT2D eigenvalue weighted by atomic mass is 10.2. The van der Waals surface area contributed by atoms with Crippen LogP contribution in [0.2, 0.25) is 0 Å². The second-order valence-corrected chi connectivity index (χ2v) is 7.71. The van der Waals surface area contributed by atoms with E-state index in [1.165, 1.54) is 10.9 Å². The Morgan fingerprint density at radius 1 is 1.44 bits per heavy atom. The monoisotopic (exact) mass is 441 g/mol. The maximum Gasteiger partial charge on any atom is 0.407 e. The lowest BCUT2D eigenvalue weighted by molar-refractivity contribution is 0.0532. The lowest BCUT2D eigenvalue weighted by Gasteiger charge is -2.19. The lowest BCUT2D eigenvalue weighted by Crippen LogP contribution is -2.34. The maximum atomic E-state index is 13.2. The van der Waals surface area contributed by atoms with Crippen molar-refractivity contribution in [2.75, 3.05) is 6.54 Å². The molecule has 0 unspecified atom stereocenters. The fourth-order valence-corrected chi connectivity index (χ4v) is 2.30. The zero-order chi connectivity index (χ0) is 20.2. The minimum absolute atomic E-state index is 0.111. The second kappa shape index (κ2) is 8.47. The number of nitrogens with one attached hydrogen (secondary N) is 1. The third-order valence-electron chi connectivity index (χ3n) is 3.38. The average molecular weight is 442 g/mol. The topological polar surface area (TPSA) is 91.0 Å². The smallest absolute Gasteiger partial charge is 0.407 e. The molecule has 2 heterocycles. The van der Waals surface area contributed by atoms with Crippen molar-refractivity contribution in [3.8, 4) is 5.82 Å². The Hall–Kier alpha value is -2.49. The number of hydrogen-bond donors (Lipinski definition) is 1. The molecule has 1 N–H and O–H groups in total. The minimum Gasteiger partial charge on any atom is -0.444 e. The predicted molar refractivity (Wildman–Crippen MR) is 101 cm³/mol. The number of pyridine rings is 1. The van der Waals surface area contributed by atoms with Crippen LogP contribution in [0.15, 0.2) is 39.8 Å². The van der Waals surface area contributed by atoms with Crippen molar-refractivity contribution in [1.29, 1.82) is 0 Å². The van der Waals surface area contributed by atoms with Crippen LogP contribution in [0.3, 0.4) is 0 Å². The quantitative estimate of drug-likeness (QED) is 0.769. The van der Waals surface area contributed by atoms with Gasteiger partial charge in [-0.15, -0.1) is 0 Å². The van der Waals surface area contributed by atoms with Gasteiger partial charge in [0.1, 0.15) is 17.7 Å². The van der Waals surface area contributed by atoms with Gasteiger partial charge in [-0.3, -0.25) is 0 Å². The van der Waals surface area contributed by atoms with Crippen LogP contribution in [-0.4, -0.2) is 37.6 Å². The number of carbonyl (C=O) groups is 1. The summed E-state index contributed by atoms with van der Waals surface area (Å²) in [5.74, 6) is 0.407. The Balaban J connectivity index is 2.08. The highest BCUT2D eigenvalue weighted by molar-refractivity contribution is 9.10. The van der Waals surface area contributed by atoms with Gasteiger partial charge >= 0.3 is 11.8 Å². The first kappa shape index (κ1) is 20.8. The highest BCUT2D eigenvalue weighted by atomic mass is 79.9. The average Bonchev–Trinajstić information content (AvgIpc) is 2.93. The summed E-state index contributed by atoms with van der Waals surface area (Å²) in [6.45, 7) is 6.82. The summed E-state index contributed by atoms with van der Waals surface area (Å²) in [5.41, 5.74) is -0.0607. The van der Waals surface area contributed by atoms with E-state index in [4.69, 9.17) is 4.74 Å². The van der Waals surface area contributed by atoms with E-state index < -0.39 is 17.4 Å². The molecule has 27 heavy (non-hydrogen) atoms. The third kappa shape index (κ3) is 5.75. The molecule has 0 aliphatic rings. The molecule has 1 amide bonds. The molecule has 0 bridgehead atoms. The van der Waals surface area contributed by atoms with Crippen LogP contribution < -0.4 is 11.0 Å². The van der Waals surface area contributed by atoms with Crippen LogP contribution in [0.5, 0.6) is 0 Å². The first-order chi connectivity index (χ1) is 12.6. The van der Waals surface area contributed by atoms with Gasteiger partial charge in [0.25, 0.3) is 0 Å². The molecule has 0 aliphatic heterocycles. The van der Waals surface area contributed by atoms with E-state index >= 15 is 0 Å². The Kier molecular flexibility index (Phi) is 6.53. The van der Waals surface area contributed by atoms with Crippen LogP contribution in [0.1, 0.15) is 26.3 Å². The van der Waals surface area contributed by atoms with Gasteiger partial charge in [0.15, 0.2) is 0 Å². The van der Waals surface area contributed by atoms with E-state index in [2.05, 4.69) is 31.3 Å². The zero-order valence-electron chi connectivity index (χ0n) is 15.5. The van der Waals surface area contributed by atoms with Gasteiger partial charge < -0.3 is 10.1 Å². The number of aryl methyl sites for hydroxylation is 1. The number of alkyl carbamates (subject to hydrolysis) is 1. The van der Waals surface area contributed by atoms with Crippen molar-refractivity contribution in [2.45, 2.75) is 39.8 Å². The number of hydrogen-bond acceptors (Lipinski definition) is 5. The molecule has 0 aromatic carbocycles. The van der Waals surface area contributed by atoms with Crippen LogP contribution >= 0.6 is 15.9 Å². The normalized spacial score (nSPS) is 12.1. The molecule has 2 aromatic rings. The van der Waals surface area contributed by atoms with Gasteiger partial charge in [0.05, 0.1) is 12.9 Å². The summed E-state index contributed by atoms with van der Waals surface area (Å²) in [6, 6.07) is 1.73. The van der Waals surface area contributed by atoms with Gasteiger partial charge in [-0.05, 0) is 60.8 Å². The van der Waals surface area contributed by atoms with E-state index in [-0.39, 0.29) is 18.7 Å². The van der Waals surface area contributed by atoms with Crippen LogP contribution in [0, 0.1) is 6.92 Å². The molecule has 0 aliphatic carbocycles. The van der Waals surface area contributed by atoms with Crippen LogP contribution in [0.25, 0.3) is 5.82 Å². The Morgan fingerprint density at radius 2 is 2.15 bits per heavy atom. The molecule has 146 valence electrons.